The van der Waals surface area contributed by atoms with Gasteiger partial charge in [-0.25, -0.2) is 0 Å². The zero-order valence-electron chi connectivity index (χ0n) is 14.6. The molecular weight excluding hydrogens is 322 g/mol. The third-order valence-corrected chi connectivity index (χ3v) is 5.54. The summed E-state index contributed by atoms with van der Waals surface area (Å²) in [7, 11) is 2.52. The van der Waals surface area contributed by atoms with Crippen molar-refractivity contribution in [2.45, 2.75) is 44.3 Å². The molecule has 0 spiro atoms. The number of esters is 2. The zero-order chi connectivity index (χ0) is 18.0. The smallest absolute Gasteiger partial charge is 0.321 e. The van der Waals surface area contributed by atoms with E-state index in [2.05, 4.69) is 4.90 Å². The van der Waals surface area contributed by atoms with Crippen molar-refractivity contribution in [2.24, 2.45) is 5.41 Å². The van der Waals surface area contributed by atoms with E-state index in [-0.39, 0.29) is 30.7 Å². The largest absolute Gasteiger partial charge is 0.469 e. The molecular formula is C19H23NO5. The van der Waals surface area contributed by atoms with Crippen LogP contribution >= 0.6 is 0 Å². The number of piperidine rings is 1. The molecule has 2 bridgehead atoms. The molecule has 0 N–H and O–H groups in total. The number of ketones is 1. The van der Waals surface area contributed by atoms with Crippen LogP contribution in [-0.4, -0.2) is 48.9 Å². The van der Waals surface area contributed by atoms with Gasteiger partial charge in [-0.3, -0.25) is 19.3 Å². The monoisotopic (exact) mass is 345 g/mol. The lowest BCUT2D eigenvalue weighted by Gasteiger charge is -2.45. The van der Waals surface area contributed by atoms with E-state index in [1.807, 2.05) is 30.3 Å². The molecule has 1 aromatic carbocycles. The van der Waals surface area contributed by atoms with Crippen LogP contribution in [0.15, 0.2) is 30.3 Å². The van der Waals surface area contributed by atoms with Crippen LogP contribution in [0.25, 0.3) is 0 Å². The lowest BCUT2D eigenvalue weighted by atomic mass is 9.70. The highest BCUT2D eigenvalue weighted by Crippen LogP contribution is 2.48. The first-order valence-electron chi connectivity index (χ1n) is 8.51. The van der Waals surface area contributed by atoms with E-state index in [1.165, 1.54) is 14.2 Å². The number of rotatable bonds is 5. The Bertz CT molecular complexity index is 674. The molecule has 0 saturated carbocycles. The van der Waals surface area contributed by atoms with Crippen LogP contribution in [0.5, 0.6) is 0 Å². The molecule has 6 heteroatoms. The molecule has 2 heterocycles. The molecule has 3 rings (SSSR count). The van der Waals surface area contributed by atoms with Crippen molar-refractivity contribution in [1.29, 1.82) is 0 Å². The van der Waals surface area contributed by atoms with Crippen molar-refractivity contribution in [3.05, 3.63) is 35.9 Å². The van der Waals surface area contributed by atoms with Crippen LogP contribution in [0.2, 0.25) is 0 Å². The van der Waals surface area contributed by atoms with Crippen LogP contribution in [0, 0.1) is 5.41 Å². The Labute approximate surface area is 147 Å². The van der Waals surface area contributed by atoms with Gasteiger partial charge in [0.25, 0.3) is 0 Å². The summed E-state index contributed by atoms with van der Waals surface area (Å²) >= 11 is 0. The van der Waals surface area contributed by atoms with Crippen LogP contribution in [-0.2, 0) is 30.4 Å². The molecule has 6 nitrogen and oxygen atoms in total. The first-order valence-corrected chi connectivity index (χ1v) is 8.51. The molecule has 2 saturated heterocycles. The summed E-state index contributed by atoms with van der Waals surface area (Å²) in [5.74, 6) is -1.41. The maximum atomic E-state index is 12.9. The highest BCUT2D eigenvalue weighted by molar-refractivity contribution is 6.08. The van der Waals surface area contributed by atoms with Gasteiger partial charge in [0.05, 0.1) is 20.6 Å². The van der Waals surface area contributed by atoms with Crippen molar-refractivity contribution in [2.75, 3.05) is 14.2 Å². The molecule has 0 radical (unpaired) electrons. The lowest BCUT2D eigenvalue weighted by molar-refractivity contribution is -0.172. The van der Waals surface area contributed by atoms with E-state index in [9.17, 15) is 14.4 Å². The molecule has 134 valence electrons. The molecule has 0 unspecified atom stereocenters. The van der Waals surface area contributed by atoms with Crippen molar-refractivity contribution in [3.63, 3.8) is 0 Å². The maximum Gasteiger partial charge on any atom is 0.321 e. The Kier molecular flexibility index (Phi) is 4.90. The molecule has 2 fully saturated rings. The minimum atomic E-state index is -1.47. The van der Waals surface area contributed by atoms with Crippen molar-refractivity contribution >= 4 is 17.7 Å². The SMILES string of the molecule is COC(=O)C[C@]1(C(=O)OC)C(=O)C[C@H]2CC[C@H]1N2Cc1ccccc1. The molecule has 3 atom stereocenters. The first kappa shape index (κ1) is 17.6. The summed E-state index contributed by atoms with van der Waals surface area (Å²) in [5, 5.41) is 0. The van der Waals surface area contributed by atoms with Gasteiger partial charge in [-0.1, -0.05) is 30.3 Å². The van der Waals surface area contributed by atoms with Gasteiger partial charge in [-0.15, -0.1) is 0 Å². The molecule has 2 aliphatic heterocycles. The van der Waals surface area contributed by atoms with E-state index in [1.54, 1.807) is 0 Å². The number of ether oxygens (including phenoxy) is 2. The fraction of sp³-hybridized carbons (Fsp3) is 0.526. The second kappa shape index (κ2) is 6.96. The minimum absolute atomic E-state index is 0.105. The average Bonchev–Trinajstić information content (AvgIpc) is 2.94. The normalized spacial score (nSPS) is 28.6. The number of carbonyl (C=O) groups is 3. The van der Waals surface area contributed by atoms with E-state index in [0.717, 1.165) is 12.0 Å². The van der Waals surface area contributed by atoms with Gasteiger partial charge in [-0.05, 0) is 18.4 Å². The van der Waals surface area contributed by atoms with Crippen LogP contribution in [0.3, 0.4) is 0 Å². The summed E-state index contributed by atoms with van der Waals surface area (Å²) in [4.78, 5) is 39.7. The summed E-state index contributed by atoms with van der Waals surface area (Å²) in [6.07, 6.45) is 1.52. The highest BCUT2D eigenvalue weighted by Gasteiger charge is 2.62. The van der Waals surface area contributed by atoms with Gasteiger partial charge in [-0.2, -0.15) is 0 Å². The number of nitrogens with zero attached hydrogens (tertiary/aromatic N) is 1. The number of Topliss-reactive ketones (excluding diaryl/α,β-unsaturated/α-hetero) is 1. The quantitative estimate of drug-likeness (QED) is 0.598. The Morgan fingerprint density at radius 3 is 2.52 bits per heavy atom. The molecule has 1 aromatic rings. The Morgan fingerprint density at radius 1 is 1.16 bits per heavy atom. The van der Waals surface area contributed by atoms with Crippen molar-refractivity contribution < 1.29 is 23.9 Å². The van der Waals surface area contributed by atoms with Crippen LogP contribution < -0.4 is 0 Å². The molecule has 0 aromatic heterocycles. The Morgan fingerprint density at radius 2 is 1.88 bits per heavy atom. The number of carbonyl (C=O) groups excluding carboxylic acids is 3. The maximum absolute atomic E-state index is 12.9. The van der Waals surface area contributed by atoms with Crippen molar-refractivity contribution in [3.8, 4) is 0 Å². The molecule has 25 heavy (non-hydrogen) atoms. The number of fused-ring (bicyclic) bond motifs is 2. The predicted molar refractivity (Wildman–Crippen MR) is 89.5 cm³/mol. The fourth-order valence-corrected chi connectivity index (χ4v) is 4.32. The number of benzene rings is 1. The van der Waals surface area contributed by atoms with E-state index < -0.39 is 17.4 Å². The van der Waals surface area contributed by atoms with Crippen LogP contribution in [0.1, 0.15) is 31.2 Å². The fourth-order valence-electron chi connectivity index (χ4n) is 4.32. The van der Waals surface area contributed by atoms with E-state index in [4.69, 9.17) is 9.47 Å². The number of hydrogen-bond acceptors (Lipinski definition) is 6. The van der Waals surface area contributed by atoms with E-state index in [0.29, 0.717) is 13.0 Å². The summed E-state index contributed by atoms with van der Waals surface area (Å²) in [6, 6.07) is 9.70. The predicted octanol–water partition coefficient (Wildman–Crippen LogP) is 1.71. The van der Waals surface area contributed by atoms with Crippen LogP contribution in [0.4, 0.5) is 0 Å². The van der Waals surface area contributed by atoms with Gasteiger partial charge in [0, 0.05) is 25.0 Å². The third-order valence-electron chi connectivity index (χ3n) is 5.54. The molecule has 0 aliphatic carbocycles. The molecule has 0 amide bonds. The Balaban J connectivity index is 1.97. The zero-order valence-corrected chi connectivity index (χ0v) is 14.6. The first-order chi connectivity index (χ1) is 12.0. The summed E-state index contributed by atoms with van der Waals surface area (Å²) in [6.45, 7) is 0.642. The number of hydrogen-bond donors (Lipinski definition) is 0. The van der Waals surface area contributed by atoms with Crippen molar-refractivity contribution in [1.82, 2.24) is 4.90 Å². The standard InChI is InChI=1S/C19H23NO5/c1-24-17(22)11-19(18(23)25-2)15-9-8-14(10-16(19)21)20(15)12-13-6-4-3-5-7-13/h3-7,14-15H,8-12H2,1-2H3/t14-,15-,19-/m1/s1. The van der Waals surface area contributed by atoms with E-state index >= 15 is 0 Å². The average molecular weight is 345 g/mol. The topological polar surface area (TPSA) is 72.9 Å². The summed E-state index contributed by atoms with van der Waals surface area (Å²) in [5.41, 5.74) is -0.352. The van der Waals surface area contributed by atoms with Gasteiger partial charge in [0.15, 0.2) is 11.2 Å². The lowest BCUT2D eigenvalue weighted by Crippen LogP contribution is -2.60. The highest BCUT2D eigenvalue weighted by atomic mass is 16.5. The van der Waals surface area contributed by atoms with Gasteiger partial charge >= 0.3 is 11.9 Å². The van der Waals surface area contributed by atoms with Gasteiger partial charge in [0.2, 0.25) is 0 Å². The second-order valence-corrected chi connectivity index (χ2v) is 6.75. The summed E-state index contributed by atoms with van der Waals surface area (Å²) < 4.78 is 9.73. The van der Waals surface area contributed by atoms with Gasteiger partial charge in [0.1, 0.15) is 0 Å². The third kappa shape index (κ3) is 2.95. The molecule has 2 aliphatic rings. The van der Waals surface area contributed by atoms with Gasteiger partial charge < -0.3 is 9.47 Å². The number of methoxy groups -OCH3 is 2. The second-order valence-electron chi connectivity index (χ2n) is 6.75. The Hall–Kier alpha value is -2.21. The minimum Gasteiger partial charge on any atom is -0.469 e.